The number of rotatable bonds is 4. The molecular formula is C10H12Cl2N2O3. The third-order valence-corrected chi connectivity index (χ3v) is 2.66. The zero-order valence-electron chi connectivity index (χ0n) is 9.07. The van der Waals surface area contributed by atoms with Crippen LogP contribution in [0.3, 0.4) is 0 Å². The molecule has 1 aromatic heterocycles. The Bertz CT molecular complexity index is 422. The van der Waals surface area contributed by atoms with Crippen molar-refractivity contribution in [1.29, 1.82) is 0 Å². The maximum absolute atomic E-state index is 11.8. The molecule has 17 heavy (non-hydrogen) atoms. The van der Waals surface area contributed by atoms with E-state index in [2.05, 4.69) is 10.3 Å². The van der Waals surface area contributed by atoms with Crippen LogP contribution in [-0.4, -0.2) is 39.9 Å². The maximum Gasteiger partial charge on any atom is 0.272 e. The number of hydrogen-bond acceptors (Lipinski definition) is 4. The fourth-order valence-electron chi connectivity index (χ4n) is 1.04. The molecule has 0 radical (unpaired) electrons. The van der Waals surface area contributed by atoms with E-state index < -0.39 is 24.7 Å². The molecule has 1 aromatic rings. The van der Waals surface area contributed by atoms with E-state index in [0.717, 1.165) is 0 Å². The molecule has 7 heteroatoms. The molecule has 0 saturated heterocycles. The van der Waals surface area contributed by atoms with Gasteiger partial charge in [0, 0.05) is 0 Å². The van der Waals surface area contributed by atoms with E-state index in [1.165, 1.54) is 19.1 Å². The molecule has 0 unspecified atom stereocenters. The van der Waals surface area contributed by atoms with Crippen molar-refractivity contribution in [2.75, 3.05) is 13.2 Å². The second kappa shape index (κ2) is 5.64. The van der Waals surface area contributed by atoms with Gasteiger partial charge in [0.2, 0.25) is 0 Å². The minimum Gasteiger partial charge on any atom is -0.394 e. The molecule has 0 aliphatic heterocycles. The summed E-state index contributed by atoms with van der Waals surface area (Å²) >= 11 is 11.5. The number of hydrogen-bond donors (Lipinski definition) is 3. The summed E-state index contributed by atoms with van der Waals surface area (Å²) in [7, 11) is 0. The van der Waals surface area contributed by atoms with E-state index >= 15 is 0 Å². The highest BCUT2D eigenvalue weighted by molar-refractivity contribution is 6.34. The van der Waals surface area contributed by atoms with Gasteiger partial charge in [0.1, 0.15) is 10.8 Å². The minimum absolute atomic E-state index is 0.0488. The molecular weight excluding hydrogens is 267 g/mol. The smallest absolute Gasteiger partial charge is 0.272 e. The first-order valence-electron chi connectivity index (χ1n) is 4.78. The van der Waals surface area contributed by atoms with E-state index in [0.29, 0.717) is 0 Å². The minimum atomic E-state index is -1.13. The number of carbonyl (C=O) groups is 1. The number of halogens is 2. The first kappa shape index (κ1) is 14.2. The van der Waals surface area contributed by atoms with Crippen LogP contribution in [0.1, 0.15) is 17.4 Å². The predicted molar refractivity (Wildman–Crippen MR) is 64.3 cm³/mol. The van der Waals surface area contributed by atoms with Crippen LogP contribution in [-0.2, 0) is 0 Å². The van der Waals surface area contributed by atoms with Crippen LogP contribution in [0.25, 0.3) is 0 Å². The fourth-order valence-corrected chi connectivity index (χ4v) is 1.38. The number of nitrogens with zero attached hydrogens (tertiary/aromatic N) is 1. The van der Waals surface area contributed by atoms with Gasteiger partial charge in [-0.05, 0) is 19.1 Å². The number of nitrogens with one attached hydrogen (secondary N) is 1. The normalized spacial score (nSPS) is 11.4. The van der Waals surface area contributed by atoms with Crippen molar-refractivity contribution in [3.05, 3.63) is 28.0 Å². The van der Waals surface area contributed by atoms with Gasteiger partial charge in [-0.1, -0.05) is 23.2 Å². The lowest BCUT2D eigenvalue weighted by Crippen LogP contribution is -2.52. The first-order chi connectivity index (χ1) is 7.91. The van der Waals surface area contributed by atoms with Crippen molar-refractivity contribution in [2.24, 2.45) is 0 Å². The second-order valence-corrected chi connectivity index (χ2v) is 4.59. The van der Waals surface area contributed by atoms with Crippen LogP contribution >= 0.6 is 23.2 Å². The Hall–Kier alpha value is -0.880. The number of aliphatic hydroxyl groups excluding tert-OH is 2. The highest BCUT2D eigenvalue weighted by atomic mass is 35.5. The van der Waals surface area contributed by atoms with E-state index in [1.807, 2.05) is 0 Å². The topological polar surface area (TPSA) is 82.5 Å². The van der Waals surface area contributed by atoms with Crippen LogP contribution < -0.4 is 5.32 Å². The Kier molecular flexibility index (Phi) is 4.70. The van der Waals surface area contributed by atoms with Gasteiger partial charge in [0.15, 0.2) is 0 Å². The molecule has 1 amide bonds. The first-order valence-corrected chi connectivity index (χ1v) is 5.54. The molecule has 0 fully saturated rings. The highest BCUT2D eigenvalue weighted by Crippen LogP contribution is 2.17. The predicted octanol–water partition coefficient (Wildman–Crippen LogP) is 0.861. The van der Waals surface area contributed by atoms with Gasteiger partial charge in [-0.15, -0.1) is 0 Å². The molecule has 0 bridgehead atoms. The highest BCUT2D eigenvalue weighted by Gasteiger charge is 2.26. The average molecular weight is 279 g/mol. The van der Waals surface area contributed by atoms with Crippen LogP contribution in [0, 0.1) is 0 Å². The Morgan fingerprint density at radius 1 is 1.41 bits per heavy atom. The Morgan fingerprint density at radius 3 is 2.53 bits per heavy atom. The molecule has 1 heterocycles. The zero-order valence-corrected chi connectivity index (χ0v) is 10.6. The fraction of sp³-hybridized carbons (Fsp3) is 0.400. The summed E-state index contributed by atoms with van der Waals surface area (Å²) in [6.45, 7) is 0.671. The lowest BCUT2D eigenvalue weighted by molar-refractivity contribution is 0.0719. The van der Waals surface area contributed by atoms with Gasteiger partial charge < -0.3 is 15.5 Å². The molecule has 94 valence electrons. The van der Waals surface area contributed by atoms with E-state index in [9.17, 15) is 4.79 Å². The molecule has 0 saturated carbocycles. The number of aliphatic hydroxyl groups is 2. The van der Waals surface area contributed by atoms with Gasteiger partial charge in [-0.25, -0.2) is 4.98 Å². The van der Waals surface area contributed by atoms with Crippen molar-refractivity contribution in [3.63, 3.8) is 0 Å². The Morgan fingerprint density at radius 2 is 2.00 bits per heavy atom. The standard InChI is InChI=1S/C10H12Cl2N2O3/c1-10(4-15,5-16)14-9(17)8-6(11)2-3-7(12)13-8/h2-3,15-16H,4-5H2,1H3,(H,14,17). The quantitative estimate of drug-likeness (QED) is 0.714. The zero-order chi connectivity index (χ0) is 13.1. The van der Waals surface area contributed by atoms with Crippen molar-refractivity contribution in [3.8, 4) is 0 Å². The van der Waals surface area contributed by atoms with Gasteiger partial charge >= 0.3 is 0 Å². The Balaban J connectivity index is 2.94. The Labute approximate surface area is 108 Å². The monoisotopic (exact) mass is 278 g/mol. The van der Waals surface area contributed by atoms with Crippen LogP contribution in [0.4, 0.5) is 0 Å². The van der Waals surface area contributed by atoms with Gasteiger partial charge in [0.05, 0.1) is 23.8 Å². The molecule has 0 aliphatic rings. The summed E-state index contributed by atoms with van der Waals surface area (Å²) in [5.74, 6) is -0.608. The summed E-state index contributed by atoms with van der Waals surface area (Å²) in [5.41, 5.74) is -1.18. The lowest BCUT2D eigenvalue weighted by atomic mass is 10.1. The van der Waals surface area contributed by atoms with Gasteiger partial charge in [0.25, 0.3) is 5.91 Å². The number of aromatic nitrogens is 1. The summed E-state index contributed by atoms with van der Waals surface area (Å²) < 4.78 is 0. The summed E-state index contributed by atoms with van der Waals surface area (Å²) in [4.78, 5) is 15.6. The molecule has 0 atom stereocenters. The van der Waals surface area contributed by atoms with Crippen LogP contribution in [0.15, 0.2) is 12.1 Å². The van der Waals surface area contributed by atoms with E-state index in [-0.39, 0.29) is 15.9 Å². The third-order valence-electron chi connectivity index (χ3n) is 2.14. The van der Waals surface area contributed by atoms with Crippen molar-refractivity contribution in [1.82, 2.24) is 10.3 Å². The SMILES string of the molecule is CC(CO)(CO)NC(=O)c1nc(Cl)ccc1Cl. The second-order valence-electron chi connectivity index (χ2n) is 3.80. The number of pyridine rings is 1. The third kappa shape index (κ3) is 3.54. The van der Waals surface area contributed by atoms with Crippen LogP contribution in [0.5, 0.6) is 0 Å². The van der Waals surface area contributed by atoms with Crippen molar-refractivity contribution < 1.29 is 15.0 Å². The summed E-state index contributed by atoms with van der Waals surface area (Å²) in [6.07, 6.45) is 0. The van der Waals surface area contributed by atoms with Crippen LogP contribution in [0.2, 0.25) is 10.2 Å². The average Bonchev–Trinajstić information content (AvgIpc) is 2.32. The molecule has 1 rings (SSSR count). The van der Waals surface area contributed by atoms with Gasteiger partial charge in [-0.3, -0.25) is 4.79 Å². The number of carbonyl (C=O) groups excluding carboxylic acids is 1. The molecule has 3 N–H and O–H groups in total. The lowest BCUT2D eigenvalue weighted by Gasteiger charge is -2.26. The van der Waals surface area contributed by atoms with Crippen molar-refractivity contribution in [2.45, 2.75) is 12.5 Å². The van der Waals surface area contributed by atoms with E-state index in [1.54, 1.807) is 0 Å². The summed E-state index contributed by atoms with van der Waals surface area (Å²) in [5, 5.41) is 20.8. The molecule has 0 aliphatic carbocycles. The molecule has 0 aromatic carbocycles. The summed E-state index contributed by atoms with van der Waals surface area (Å²) in [6, 6.07) is 2.90. The molecule has 0 spiro atoms. The molecule has 5 nitrogen and oxygen atoms in total. The number of amides is 1. The van der Waals surface area contributed by atoms with Crippen molar-refractivity contribution >= 4 is 29.1 Å². The maximum atomic E-state index is 11.8. The van der Waals surface area contributed by atoms with E-state index in [4.69, 9.17) is 33.4 Å². The van der Waals surface area contributed by atoms with Gasteiger partial charge in [-0.2, -0.15) is 0 Å². The largest absolute Gasteiger partial charge is 0.394 e.